The molecule has 2 rings (SSSR count). The predicted molar refractivity (Wildman–Crippen MR) is 101 cm³/mol. The van der Waals surface area contributed by atoms with Crippen LogP contribution in [0.5, 0.6) is 11.5 Å². The molecule has 0 aromatic heterocycles. The molecule has 1 aromatic carbocycles. The molecule has 0 heterocycles. The van der Waals surface area contributed by atoms with Gasteiger partial charge in [0, 0.05) is 29.2 Å². The molecular formula is C19H24N2O8. The van der Waals surface area contributed by atoms with Crippen LogP contribution in [0.4, 0.5) is 5.69 Å². The first kappa shape index (κ1) is 22.1. The molecule has 1 aliphatic rings. The van der Waals surface area contributed by atoms with Gasteiger partial charge < -0.3 is 19.5 Å². The number of rotatable bonds is 9. The Morgan fingerprint density at radius 1 is 1.28 bits per heavy atom. The van der Waals surface area contributed by atoms with Gasteiger partial charge in [0.1, 0.15) is 17.3 Å². The summed E-state index contributed by atoms with van der Waals surface area (Å²) < 4.78 is 15.2. The van der Waals surface area contributed by atoms with Gasteiger partial charge in [0.25, 0.3) is 5.91 Å². The molecule has 0 spiro atoms. The molecule has 1 aliphatic carbocycles. The number of benzene rings is 1. The lowest BCUT2D eigenvalue weighted by Crippen LogP contribution is -2.28. The van der Waals surface area contributed by atoms with E-state index in [0.29, 0.717) is 17.2 Å². The van der Waals surface area contributed by atoms with Crippen LogP contribution >= 0.6 is 0 Å². The second kappa shape index (κ2) is 9.85. The van der Waals surface area contributed by atoms with E-state index in [1.165, 1.54) is 14.2 Å². The number of hydrogen-bond acceptors (Lipinski definition) is 8. The highest BCUT2D eigenvalue weighted by molar-refractivity contribution is 5.94. The maximum atomic E-state index is 12.1. The van der Waals surface area contributed by atoms with E-state index in [1.54, 1.807) is 25.1 Å². The number of hydrogen-bond donors (Lipinski definition) is 1. The fourth-order valence-electron chi connectivity index (χ4n) is 3.47. The molecule has 0 bridgehead atoms. The highest BCUT2D eigenvalue weighted by atomic mass is 16.6. The fourth-order valence-corrected chi connectivity index (χ4v) is 3.47. The van der Waals surface area contributed by atoms with Crippen LogP contribution in [0.1, 0.15) is 19.8 Å². The van der Waals surface area contributed by atoms with Crippen LogP contribution in [0.2, 0.25) is 0 Å². The number of nitrogens with one attached hydrogen (secondary N) is 1. The Balaban J connectivity index is 1.89. The molecule has 0 radical (unpaired) electrons. The largest absolute Gasteiger partial charge is 0.497 e. The van der Waals surface area contributed by atoms with E-state index >= 15 is 0 Å². The van der Waals surface area contributed by atoms with E-state index in [9.17, 15) is 24.5 Å². The Morgan fingerprint density at radius 3 is 2.62 bits per heavy atom. The van der Waals surface area contributed by atoms with Crippen molar-refractivity contribution in [3.05, 3.63) is 28.3 Å². The van der Waals surface area contributed by atoms with Crippen molar-refractivity contribution in [3.63, 3.8) is 0 Å². The van der Waals surface area contributed by atoms with Crippen molar-refractivity contribution in [1.82, 2.24) is 0 Å². The van der Waals surface area contributed by atoms with Crippen molar-refractivity contribution in [2.24, 2.45) is 17.8 Å². The van der Waals surface area contributed by atoms with Crippen LogP contribution in [0.25, 0.3) is 0 Å². The number of carbonyl (C=O) groups is 3. The molecule has 1 aromatic rings. The van der Waals surface area contributed by atoms with Crippen molar-refractivity contribution in [3.8, 4) is 11.5 Å². The monoisotopic (exact) mass is 408 g/mol. The second-order valence-corrected chi connectivity index (χ2v) is 6.91. The lowest BCUT2D eigenvalue weighted by molar-refractivity contribution is -0.490. The molecule has 0 aliphatic heterocycles. The molecule has 3 atom stereocenters. The van der Waals surface area contributed by atoms with Crippen LogP contribution < -0.4 is 14.8 Å². The molecule has 10 nitrogen and oxygen atoms in total. The van der Waals surface area contributed by atoms with Gasteiger partial charge in [-0.25, -0.2) is 0 Å². The Hall–Kier alpha value is -3.17. The SMILES string of the molecule is COc1ccc(NC(=O)COC(=O)C[C@@H]2C(=O)C[C@@H](C)[C@H]2C[N+](=O)[O-])c(OC)c1. The molecule has 10 heteroatoms. The summed E-state index contributed by atoms with van der Waals surface area (Å²) in [6.45, 7) is 0.833. The summed E-state index contributed by atoms with van der Waals surface area (Å²) in [6, 6.07) is 4.80. The lowest BCUT2D eigenvalue weighted by Gasteiger charge is -2.17. The number of Topliss-reactive ketones (excluding diaryl/α,β-unsaturated/α-hetero) is 1. The van der Waals surface area contributed by atoms with Crippen molar-refractivity contribution in [1.29, 1.82) is 0 Å². The van der Waals surface area contributed by atoms with Crippen molar-refractivity contribution >= 4 is 23.3 Å². The van der Waals surface area contributed by atoms with E-state index in [1.807, 2.05) is 0 Å². The Bertz CT molecular complexity index is 794. The number of esters is 1. The van der Waals surface area contributed by atoms with E-state index in [0.717, 1.165) is 0 Å². The van der Waals surface area contributed by atoms with Gasteiger partial charge in [0.05, 0.1) is 26.3 Å². The van der Waals surface area contributed by atoms with Crippen molar-refractivity contribution in [2.75, 3.05) is 32.7 Å². The first-order valence-electron chi connectivity index (χ1n) is 9.07. The van der Waals surface area contributed by atoms with Gasteiger partial charge in [-0.1, -0.05) is 6.92 Å². The predicted octanol–water partition coefficient (Wildman–Crippen LogP) is 1.69. The van der Waals surface area contributed by atoms with Gasteiger partial charge in [-0.15, -0.1) is 0 Å². The fraction of sp³-hybridized carbons (Fsp3) is 0.526. The molecule has 1 fully saturated rings. The Labute approximate surface area is 167 Å². The summed E-state index contributed by atoms with van der Waals surface area (Å²) >= 11 is 0. The lowest BCUT2D eigenvalue weighted by atomic mass is 9.88. The van der Waals surface area contributed by atoms with Crippen LogP contribution in [0.3, 0.4) is 0 Å². The number of methoxy groups -OCH3 is 2. The normalized spacial score (nSPS) is 20.8. The van der Waals surface area contributed by atoms with Gasteiger partial charge in [-0.2, -0.15) is 0 Å². The molecular weight excluding hydrogens is 384 g/mol. The van der Waals surface area contributed by atoms with Crippen LogP contribution in [-0.4, -0.2) is 50.0 Å². The minimum atomic E-state index is -0.757. The highest BCUT2D eigenvalue weighted by Gasteiger charge is 2.44. The zero-order valence-electron chi connectivity index (χ0n) is 16.5. The van der Waals surface area contributed by atoms with Crippen LogP contribution in [-0.2, 0) is 19.1 Å². The van der Waals surface area contributed by atoms with Crippen LogP contribution in [0, 0.1) is 27.9 Å². The molecule has 0 unspecified atom stereocenters. The first-order chi connectivity index (χ1) is 13.7. The minimum Gasteiger partial charge on any atom is -0.497 e. The molecule has 29 heavy (non-hydrogen) atoms. The van der Waals surface area contributed by atoms with Crippen LogP contribution in [0.15, 0.2) is 18.2 Å². The molecule has 1 saturated carbocycles. The third kappa shape index (κ3) is 5.90. The molecule has 1 amide bonds. The zero-order chi connectivity index (χ0) is 21.6. The topological polar surface area (TPSA) is 134 Å². The third-order valence-electron chi connectivity index (χ3n) is 4.98. The van der Waals surface area contributed by atoms with E-state index in [2.05, 4.69) is 5.32 Å². The van der Waals surface area contributed by atoms with Crippen molar-refractivity contribution in [2.45, 2.75) is 19.8 Å². The summed E-state index contributed by atoms with van der Waals surface area (Å²) in [6.07, 6.45) is -0.0744. The summed E-state index contributed by atoms with van der Waals surface area (Å²) in [7, 11) is 2.93. The summed E-state index contributed by atoms with van der Waals surface area (Å²) in [5, 5.41) is 13.4. The quantitative estimate of drug-likeness (QED) is 0.371. The Kier molecular flexibility index (Phi) is 7.52. The number of amides is 1. The number of carbonyl (C=O) groups excluding carboxylic acids is 3. The van der Waals surface area contributed by atoms with Crippen molar-refractivity contribution < 1.29 is 33.5 Å². The first-order valence-corrected chi connectivity index (χ1v) is 9.07. The smallest absolute Gasteiger partial charge is 0.307 e. The standard InChI is InChI=1S/C19H24N2O8/c1-11-6-16(22)13(14(11)9-21(25)26)8-19(24)29-10-18(23)20-15-5-4-12(27-2)7-17(15)28-3/h4-5,7,11,13-14H,6,8-10H2,1-3H3,(H,20,23)/t11-,13+,14-/m1/s1. The van der Waals surface area contributed by atoms with Gasteiger partial charge in [-0.3, -0.25) is 24.5 Å². The van der Waals surface area contributed by atoms with E-state index in [-0.39, 0.29) is 31.1 Å². The molecule has 158 valence electrons. The average molecular weight is 408 g/mol. The zero-order valence-corrected chi connectivity index (χ0v) is 16.5. The van der Waals surface area contributed by atoms with E-state index in [4.69, 9.17) is 14.2 Å². The summed E-state index contributed by atoms with van der Waals surface area (Å²) in [4.78, 5) is 46.6. The second-order valence-electron chi connectivity index (χ2n) is 6.91. The molecule has 1 N–H and O–H groups in total. The number of nitro groups is 1. The third-order valence-corrected chi connectivity index (χ3v) is 4.98. The minimum absolute atomic E-state index is 0.170. The summed E-state index contributed by atoms with van der Waals surface area (Å²) in [5.41, 5.74) is 0.375. The number of ether oxygens (including phenoxy) is 3. The van der Waals surface area contributed by atoms with Gasteiger partial charge in [0.2, 0.25) is 6.54 Å². The average Bonchev–Trinajstić information content (AvgIpc) is 2.93. The molecule has 0 saturated heterocycles. The maximum Gasteiger partial charge on any atom is 0.307 e. The Morgan fingerprint density at radius 2 is 2.00 bits per heavy atom. The maximum absolute atomic E-state index is 12.1. The number of nitrogens with zero attached hydrogens (tertiary/aromatic N) is 1. The number of ketones is 1. The van der Waals surface area contributed by atoms with Gasteiger partial charge >= 0.3 is 5.97 Å². The number of anilines is 1. The van der Waals surface area contributed by atoms with Gasteiger partial charge in [-0.05, 0) is 18.1 Å². The summed E-state index contributed by atoms with van der Waals surface area (Å²) in [5.74, 6) is -2.04. The van der Waals surface area contributed by atoms with E-state index < -0.39 is 35.2 Å². The van der Waals surface area contributed by atoms with Gasteiger partial charge in [0.15, 0.2) is 6.61 Å². The highest BCUT2D eigenvalue weighted by Crippen LogP contribution is 2.36.